The van der Waals surface area contributed by atoms with Gasteiger partial charge in [-0.25, -0.2) is 0 Å². The normalized spacial score (nSPS) is 44.8. The third-order valence-electron chi connectivity index (χ3n) is 4.05. The molecule has 0 bridgehead atoms. The Bertz CT molecular complexity index is 277. The van der Waals surface area contributed by atoms with E-state index in [0.29, 0.717) is 11.1 Å². The van der Waals surface area contributed by atoms with E-state index >= 15 is 0 Å². The monoisotopic (exact) mass is 384 g/mol. The molecule has 100 valence electrons. The van der Waals surface area contributed by atoms with Crippen LogP contribution in [0.2, 0.25) is 11.1 Å². The van der Waals surface area contributed by atoms with Crippen LogP contribution in [0.1, 0.15) is 40.5 Å². The topological polar surface area (TPSA) is 18.5 Å². The third kappa shape index (κ3) is 2.55. The van der Waals surface area contributed by atoms with E-state index in [9.17, 15) is 0 Å². The smallest absolute Gasteiger partial charge is 0.347 e. The van der Waals surface area contributed by atoms with Crippen molar-refractivity contribution in [2.24, 2.45) is 0 Å². The van der Waals surface area contributed by atoms with Gasteiger partial charge in [-0.3, -0.25) is 0 Å². The van der Waals surface area contributed by atoms with Crippen LogP contribution in [-0.4, -0.2) is 30.4 Å². The number of rotatable bonds is 6. The molecule has 2 nitrogen and oxygen atoms in total. The predicted octanol–water partition coefficient (Wildman–Crippen LogP) is 4.36. The average molecular weight is 386 g/mol. The SMILES string of the molecule is CCO[Si](OCC)(C1CC1(C)Br)C1CC1(C)Br. The highest BCUT2D eigenvalue weighted by Gasteiger charge is 2.74. The average Bonchev–Trinajstić information content (AvgIpc) is 3.03. The molecule has 4 unspecified atom stereocenters. The first-order chi connectivity index (χ1) is 7.80. The highest BCUT2D eigenvalue weighted by Crippen LogP contribution is 2.72. The summed E-state index contributed by atoms with van der Waals surface area (Å²) in [5.41, 5.74) is 1.19. The minimum absolute atomic E-state index is 0.245. The first-order valence-corrected chi connectivity index (χ1v) is 10.0. The van der Waals surface area contributed by atoms with Gasteiger partial charge in [-0.05, 0) is 40.5 Å². The molecule has 2 aliphatic rings. The van der Waals surface area contributed by atoms with Gasteiger partial charge in [0.05, 0.1) is 0 Å². The van der Waals surface area contributed by atoms with Crippen LogP contribution in [-0.2, 0) is 8.85 Å². The van der Waals surface area contributed by atoms with E-state index in [0.717, 1.165) is 13.2 Å². The fraction of sp³-hybridized carbons (Fsp3) is 1.00. The van der Waals surface area contributed by atoms with Crippen LogP contribution in [0.3, 0.4) is 0 Å². The van der Waals surface area contributed by atoms with Crippen LogP contribution >= 0.6 is 31.9 Å². The Morgan fingerprint density at radius 1 is 1.00 bits per heavy atom. The quantitative estimate of drug-likeness (QED) is 0.499. The molecular formula is C12H22Br2O2Si. The molecule has 0 saturated heterocycles. The summed E-state index contributed by atoms with van der Waals surface area (Å²) in [6.45, 7) is 10.2. The summed E-state index contributed by atoms with van der Waals surface area (Å²) in [5.74, 6) is 0. The maximum atomic E-state index is 6.25. The summed E-state index contributed by atoms with van der Waals surface area (Å²) in [6.07, 6.45) is 2.39. The van der Waals surface area contributed by atoms with Crippen LogP contribution < -0.4 is 0 Å². The van der Waals surface area contributed by atoms with Gasteiger partial charge in [0.25, 0.3) is 0 Å². The molecule has 2 fully saturated rings. The Labute approximate surface area is 122 Å². The van der Waals surface area contributed by atoms with Crippen molar-refractivity contribution in [1.82, 2.24) is 0 Å². The molecule has 0 amide bonds. The maximum Gasteiger partial charge on any atom is 0.347 e. The van der Waals surface area contributed by atoms with Crippen molar-refractivity contribution in [2.75, 3.05) is 13.2 Å². The number of hydrogen-bond acceptors (Lipinski definition) is 2. The zero-order valence-corrected chi connectivity index (χ0v) is 15.2. The van der Waals surface area contributed by atoms with Gasteiger partial charge in [0.1, 0.15) is 0 Å². The van der Waals surface area contributed by atoms with E-state index < -0.39 is 8.56 Å². The van der Waals surface area contributed by atoms with E-state index in [1.54, 1.807) is 0 Å². The van der Waals surface area contributed by atoms with Gasteiger partial charge in [-0.2, -0.15) is 0 Å². The Morgan fingerprint density at radius 3 is 1.47 bits per heavy atom. The van der Waals surface area contributed by atoms with Gasteiger partial charge in [0.15, 0.2) is 0 Å². The summed E-state index contributed by atoms with van der Waals surface area (Å²) < 4.78 is 13.0. The largest absolute Gasteiger partial charge is 0.394 e. The van der Waals surface area contributed by atoms with Crippen LogP contribution in [0.4, 0.5) is 0 Å². The summed E-state index contributed by atoms with van der Waals surface area (Å²) in [5, 5.41) is 0. The molecule has 5 heteroatoms. The molecule has 2 aliphatic carbocycles. The molecule has 0 heterocycles. The summed E-state index contributed by atoms with van der Waals surface area (Å²) in [7, 11) is -2.09. The highest BCUT2D eigenvalue weighted by molar-refractivity contribution is 9.10. The summed E-state index contributed by atoms with van der Waals surface area (Å²) in [4.78, 5) is 0. The predicted molar refractivity (Wildman–Crippen MR) is 80.4 cm³/mol. The molecule has 0 aromatic heterocycles. The maximum absolute atomic E-state index is 6.25. The second-order valence-electron chi connectivity index (χ2n) is 5.66. The lowest BCUT2D eigenvalue weighted by molar-refractivity contribution is 0.177. The first-order valence-electron chi connectivity index (χ1n) is 6.46. The Balaban J connectivity index is 2.21. The summed E-state index contributed by atoms with van der Waals surface area (Å²) in [6, 6.07) is 0. The molecule has 2 saturated carbocycles. The molecular weight excluding hydrogens is 364 g/mol. The molecule has 0 N–H and O–H groups in total. The van der Waals surface area contributed by atoms with Gasteiger partial charge in [-0.15, -0.1) is 0 Å². The van der Waals surface area contributed by atoms with Crippen molar-refractivity contribution in [3.63, 3.8) is 0 Å². The fourth-order valence-electron chi connectivity index (χ4n) is 2.94. The van der Waals surface area contributed by atoms with Gasteiger partial charge >= 0.3 is 8.56 Å². The second-order valence-corrected chi connectivity index (χ2v) is 12.7. The van der Waals surface area contributed by atoms with Crippen molar-refractivity contribution < 1.29 is 8.85 Å². The molecule has 4 atom stereocenters. The lowest BCUT2D eigenvalue weighted by atomic mass is 10.5. The van der Waals surface area contributed by atoms with Gasteiger partial charge in [-0.1, -0.05) is 31.9 Å². The van der Waals surface area contributed by atoms with Crippen LogP contribution in [0, 0.1) is 0 Å². The van der Waals surface area contributed by atoms with Crippen LogP contribution in [0.25, 0.3) is 0 Å². The zero-order valence-electron chi connectivity index (χ0n) is 11.1. The Kier molecular flexibility index (Phi) is 3.91. The molecule has 0 spiro atoms. The molecule has 0 radical (unpaired) electrons. The molecule has 17 heavy (non-hydrogen) atoms. The Hall–Kier alpha value is 1.10. The van der Waals surface area contributed by atoms with E-state index in [4.69, 9.17) is 8.85 Å². The van der Waals surface area contributed by atoms with Gasteiger partial charge in [0, 0.05) is 32.9 Å². The van der Waals surface area contributed by atoms with E-state index in [2.05, 4.69) is 59.6 Å². The highest BCUT2D eigenvalue weighted by atomic mass is 79.9. The van der Waals surface area contributed by atoms with E-state index in [1.807, 2.05) is 0 Å². The fourth-order valence-corrected chi connectivity index (χ4v) is 11.5. The molecule has 0 aromatic rings. The lowest BCUT2D eigenvalue weighted by Crippen LogP contribution is -2.46. The van der Waals surface area contributed by atoms with Crippen LogP contribution in [0.5, 0.6) is 0 Å². The van der Waals surface area contributed by atoms with Crippen molar-refractivity contribution in [3.8, 4) is 0 Å². The van der Waals surface area contributed by atoms with Crippen molar-refractivity contribution >= 4 is 40.4 Å². The lowest BCUT2D eigenvalue weighted by Gasteiger charge is -2.32. The number of hydrogen-bond donors (Lipinski definition) is 0. The Morgan fingerprint density at radius 2 is 1.29 bits per heavy atom. The van der Waals surface area contributed by atoms with E-state index in [1.165, 1.54) is 12.8 Å². The van der Waals surface area contributed by atoms with Crippen molar-refractivity contribution in [1.29, 1.82) is 0 Å². The zero-order chi connectivity index (χ0) is 12.9. The third-order valence-corrected chi connectivity index (χ3v) is 11.8. The minimum atomic E-state index is -2.09. The first kappa shape index (κ1) is 14.5. The van der Waals surface area contributed by atoms with Crippen LogP contribution in [0.15, 0.2) is 0 Å². The molecule has 0 aliphatic heterocycles. The van der Waals surface area contributed by atoms with E-state index in [-0.39, 0.29) is 8.65 Å². The summed E-state index contributed by atoms with van der Waals surface area (Å²) >= 11 is 7.64. The number of alkyl halides is 2. The molecule has 2 rings (SSSR count). The van der Waals surface area contributed by atoms with Crippen molar-refractivity contribution in [3.05, 3.63) is 0 Å². The van der Waals surface area contributed by atoms with Gasteiger partial charge in [0.2, 0.25) is 0 Å². The molecule has 0 aromatic carbocycles. The standard InChI is InChI=1S/C12H22Br2O2Si/c1-5-15-17(16-6-2,9-7-11(9,3)13)10-8-12(10,4)14/h9-10H,5-8H2,1-4H3. The number of halogens is 2. The van der Waals surface area contributed by atoms with Gasteiger partial charge < -0.3 is 8.85 Å². The minimum Gasteiger partial charge on any atom is -0.394 e. The second kappa shape index (κ2) is 4.58. The van der Waals surface area contributed by atoms with Crippen molar-refractivity contribution in [2.45, 2.75) is 60.3 Å².